The molecular weight excluding hydrogens is 426 g/mol. The number of nitrogens with zero attached hydrogens (tertiary/aromatic N) is 5. The first-order valence-electron chi connectivity index (χ1n) is 11.5. The van der Waals surface area contributed by atoms with E-state index in [0.717, 1.165) is 41.6 Å². The Labute approximate surface area is 197 Å². The molecule has 1 aliphatic heterocycles. The lowest BCUT2D eigenvalue weighted by Gasteiger charge is -2.16. The van der Waals surface area contributed by atoms with Gasteiger partial charge in [-0.2, -0.15) is 10.1 Å². The number of rotatable bonds is 2. The highest BCUT2D eigenvalue weighted by Gasteiger charge is 2.29. The molecule has 34 heavy (non-hydrogen) atoms. The minimum Gasteiger partial charge on any atom is -0.487 e. The molecular formula is C26H25N7O. The predicted octanol–water partition coefficient (Wildman–Crippen LogP) is 4.55. The molecule has 0 saturated carbocycles. The van der Waals surface area contributed by atoms with Crippen molar-refractivity contribution in [2.24, 2.45) is 0 Å². The number of benzene rings is 2. The molecule has 0 amide bonds. The SMILES string of the molecule is Cc1ncnn1-c1ccc2cc1OC/C=C\CNc1nc(nc3c1CCC3c1ccccc1)N2. The Morgan fingerprint density at radius 1 is 1.06 bits per heavy atom. The van der Waals surface area contributed by atoms with Gasteiger partial charge >= 0.3 is 0 Å². The Bertz CT molecular complexity index is 1360. The lowest BCUT2D eigenvalue weighted by molar-refractivity contribution is 0.360. The van der Waals surface area contributed by atoms with Gasteiger partial charge in [0.25, 0.3) is 0 Å². The lowest BCUT2D eigenvalue weighted by Crippen LogP contribution is -2.10. The number of aryl methyl sites for hydroxylation is 1. The van der Waals surface area contributed by atoms with E-state index in [2.05, 4.69) is 57.1 Å². The zero-order valence-corrected chi connectivity index (χ0v) is 18.9. The second kappa shape index (κ2) is 8.62. The molecule has 8 nitrogen and oxygen atoms in total. The van der Waals surface area contributed by atoms with Gasteiger partial charge in [-0.1, -0.05) is 36.4 Å². The largest absolute Gasteiger partial charge is 0.487 e. The van der Waals surface area contributed by atoms with Crippen LogP contribution in [0.25, 0.3) is 5.69 Å². The number of ether oxygens (including phenoxy) is 1. The summed E-state index contributed by atoms with van der Waals surface area (Å²) >= 11 is 0. The van der Waals surface area contributed by atoms with Crippen molar-refractivity contribution in [2.45, 2.75) is 25.7 Å². The smallest absolute Gasteiger partial charge is 0.229 e. The third-order valence-corrected chi connectivity index (χ3v) is 6.31. The van der Waals surface area contributed by atoms with Crippen molar-refractivity contribution in [2.75, 3.05) is 23.8 Å². The first-order chi connectivity index (χ1) is 16.8. The Kier molecular flexibility index (Phi) is 5.18. The van der Waals surface area contributed by atoms with Gasteiger partial charge in [0.1, 0.15) is 36.0 Å². The Morgan fingerprint density at radius 3 is 2.82 bits per heavy atom. The third-order valence-electron chi connectivity index (χ3n) is 6.31. The summed E-state index contributed by atoms with van der Waals surface area (Å²) in [5, 5.41) is 11.2. The molecule has 8 heteroatoms. The summed E-state index contributed by atoms with van der Waals surface area (Å²) in [5.41, 5.74) is 5.27. The molecule has 6 rings (SSSR count). The van der Waals surface area contributed by atoms with Gasteiger partial charge in [0.15, 0.2) is 0 Å². The van der Waals surface area contributed by atoms with Crippen LogP contribution in [0.2, 0.25) is 0 Å². The topological polar surface area (TPSA) is 89.8 Å². The molecule has 4 bridgehead atoms. The van der Waals surface area contributed by atoms with Crippen molar-refractivity contribution in [1.29, 1.82) is 0 Å². The van der Waals surface area contributed by atoms with Crippen molar-refractivity contribution in [1.82, 2.24) is 24.7 Å². The van der Waals surface area contributed by atoms with Crippen LogP contribution in [0.3, 0.4) is 0 Å². The summed E-state index contributed by atoms with van der Waals surface area (Å²) in [6.07, 6.45) is 7.61. The van der Waals surface area contributed by atoms with E-state index in [9.17, 15) is 0 Å². The molecule has 2 aromatic carbocycles. The highest BCUT2D eigenvalue weighted by atomic mass is 16.5. The number of hydrogen-bond acceptors (Lipinski definition) is 7. The lowest BCUT2D eigenvalue weighted by atomic mass is 9.97. The summed E-state index contributed by atoms with van der Waals surface area (Å²) in [7, 11) is 0. The van der Waals surface area contributed by atoms with E-state index in [0.29, 0.717) is 24.8 Å². The van der Waals surface area contributed by atoms with Gasteiger partial charge < -0.3 is 15.4 Å². The summed E-state index contributed by atoms with van der Waals surface area (Å²) in [6.45, 7) is 3.03. The average molecular weight is 452 g/mol. The molecule has 1 aliphatic carbocycles. The maximum atomic E-state index is 6.10. The third kappa shape index (κ3) is 3.77. The zero-order valence-electron chi connectivity index (χ0n) is 18.9. The van der Waals surface area contributed by atoms with Gasteiger partial charge in [-0.3, -0.25) is 0 Å². The minimum absolute atomic E-state index is 0.267. The first-order valence-corrected chi connectivity index (χ1v) is 11.5. The van der Waals surface area contributed by atoms with E-state index < -0.39 is 0 Å². The van der Waals surface area contributed by atoms with Gasteiger partial charge in [-0.25, -0.2) is 14.6 Å². The first kappa shape index (κ1) is 20.4. The summed E-state index contributed by atoms with van der Waals surface area (Å²) < 4.78 is 7.87. The van der Waals surface area contributed by atoms with E-state index in [1.54, 1.807) is 11.0 Å². The fourth-order valence-corrected chi connectivity index (χ4v) is 4.67. The molecule has 0 saturated heterocycles. The zero-order chi connectivity index (χ0) is 22.9. The van der Waals surface area contributed by atoms with Crippen LogP contribution in [0, 0.1) is 6.92 Å². The molecule has 0 fully saturated rings. The standard InChI is InChI=1S/C26H25N7O/c1-17-28-16-29-33(17)22-12-9-19-15-23(22)34-14-6-5-13-27-25-21-11-10-20(18-7-3-2-4-8-18)24(21)31-26(30-19)32-25/h2-9,12,15-16,20H,10-11,13-14H2,1H3,(H2,27,30,31,32)/b6-5-. The number of nitrogens with one attached hydrogen (secondary N) is 2. The number of aromatic nitrogens is 5. The Morgan fingerprint density at radius 2 is 1.97 bits per heavy atom. The normalized spacial score (nSPS) is 17.7. The molecule has 3 heterocycles. The highest BCUT2D eigenvalue weighted by molar-refractivity contribution is 5.64. The second-order valence-corrected chi connectivity index (χ2v) is 8.45. The van der Waals surface area contributed by atoms with Gasteiger partial charge in [0, 0.05) is 29.8 Å². The highest BCUT2D eigenvalue weighted by Crippen LogP contribution is 2.40. The van der Waals surface area contributed by atoms with Crippen molar-refractivity contribution >= 4 is 17.5 Å². The van der Waals surface area contributed by atoms with Gasteiger partial charge in [0.05, 0.1) is 5.69 Å². The van der Waals surface area contributed by atoms with Crippen LogP contribution < -0.4 is 15.4 Å². The van der Waals surface area contributed by atoms with Crippen LogP contribution in [-0.2, 0) is 6.42 Å². The second-order valence-electron chi connectivity index (χ2n) is 8.45. The van der Waals surface area contributed by atoms with Crippen LogP contribution in [0.5, 0.6) is 5.75 Å². The molecule has 2 aliphatic rings. The van der Waals surface area contributed by atoms with Gasteiger partial charge in [-0.05, 0) is 43.5 Å². The molecule has 1 unspecified atom stereocenters. The molecule has 170 valence electrons. The van der Waals surface area contributed by atoms with Gasteiger partial charge in [0.2, 0.25) is 5.95 Å². The fourth-order valence-electron chi connectivity index (χ4n) is 4.67. The maximum Gasteiger partial charge on any atom is 0.229 e. The number of hydrogen-bond donors (Lipinski definition) is 2. The molecule has 0 spiro atoms. The summed E-state index contributed by atoms with van der Waals surface area (Å²) in [5.74, 6) is 3.23. The van der Waals surface area contributed by atoms with Crippen molar-refractivity contribution < 1.29 is 4.74 Å². The van der Waals surface area contributed by atoms with E-state index in [-0.39, 0.29) is 5.92 Å². The number of fused-ring (bicyclic) bond motifs is 6. The molecule has 2 aromatic heterocycles. The quantitative estimate of drug-likeness (QED) is 0.432. The summed E-state index contributed by atoms with van der Waals surface area (Å²) in [6, 6.07) is 16.5. The van der Waals surface area contributed by atoms with Crippen LogP contribution in [0.4, 0.5) is 17.5 Å². The molecule has 4 aromatic rings. The molecule has 1 atom stereocenters. The predicted molar refractivity (Wildman–Crippen MR) is 131 cm³/mol. The van der Waals surface area contributed by atoms with Crippen LogP contribution in [0.1, 0.15) is 35.0 Å². The molecule has 0 radical (unpaired) electrons. The summed E-state index contributed by atoms with van der Waals surface area (Å²) in [4.78, 5) is 14.1. The van der Waals surface area contributed by atoms with Crippen molar-refractivity contribution in [3.05, 3.63) is 89.7 Å². The van der Waals surface area contributed by atoms with Crippen LogP contribution in [0.15, 0.2) is 67.0 Å². The minimum atomic E-state index is 0.267. The Hall–Kier alpha value is -4.20. The van der Waals surface area contributed by atoms with Crippen molar-refractivity contribution in [3.63, 3.8) is 0 Å². The van der Waals surface area contributed by atoms with Crippen LogP contribution >= 0.6 is 0 Å². The Balaban J connectivity index is 1.42. The van der Waals surface area contributed by atoms with E-state index in [4.69, 9.17) is 14.7 Å². The van der Waals surface area contributed by atoms with E-state index >= 15 is 0 Å². The molecule has 2 N–H and O–H groups in total. The van der Waals surface area contributed by atoms with E-state index in [1.807, 2.05) is 31.2 Å². The van der Waals surface area contributed by atoms with Crippen molar-refractivity contribution in [3.8, 4) is 11.4 Å². The monoisotopic (exact) mass is 451 g/mol. The van der Waals surface area contributed by atoms with Gasteiger partial charge in [-0.15, -0.1) is 0 Å². The fraction of sp³-hybridized carbons (Fsp3) is 0.231. The maximum absolute atomic E-state index is 6.10. The average Bonchev–Trinajstić information content (AvgIpc) is 3.48. The number of anilines is 3. The van der Waals surface area contributed by atoms with Crippen LogP contribution in [-0.4, -0.2) is 37.9 Å². The van der Waals surface area contributed by atoms with E-state index in [1.165, 1.54) is 11.1 Å².